The maximum absolute atomic E-state index is 12.2. The quantitative estimate of drug-likeness (QED) is 0.864. The van der Waals surface area contributed by atoms with Crippen LogP contribution in [-0.4, -0.2) is 11.9 Å². The van der Waals surface area contributed by atoms with Crippen LogP contribution in [0.1, 0.15) is 22.8 Å². The predicted molar refractivity (Wildman–Crippen MR) is 86.2 cm³/mol. The van der Waals surface area contributed by atoms with Gasteiger partial charge in [0.1, 0.15) is 0 Å². The molecule has 2 rings (SSSR count). The van der Waals surface area contributed by atoms with E-state index in [2.05, 4.69) is 33.4 Å². The molecule has 0 saturated carbocycles. The van der Waals surface area contributed by atoms with E-state index in [4.69, 9.17) is 11.6 Å². The lowest BCUT2D eigenvalue weighted by Crippen LogP contribution is -2.34. The Morgan fingerprint density at radius 2 is 1.95 bits per heavy atom. The van der Waals surface area contributed by atoms with Crippen molar-refractivity contribution in [1.82, 2.24) is 5.32 Å². The molecule has 0 aromatic heterocycles. The standard InChI is InChI=1S/C16H15BrClNO/c1-11(7-12-5-3-2-4-6-12)19-16(20)13-8-14(17)10-15(18)9-13/h2-6,8-11H,7H2,1H3,(H,19,20). The van der Waals surface area contributed by atoms with Gasteiger partial charge < -0.3 is 5.32 Å². The lowest BCUT2D eigenvalue weighted by molar-refractivity contribution is 0.0940. The fourth-order valence-corrected chi connectivity index (χ4v) is 2.87. The number of rotatable bonds is 4. The monoisotopic (exact) mass is 351 g/mol. The third kappa shape index (κ3) is 4.36. The van der Waals surface area contributed by atoms with Crippen LogP contribution in [-0.2, 0) is 6.42 Å². The Hall–Kier alpha value is -1.32. The average Bonchev–Trinajstić information content (AvgIpc) is 2.38. The summed E-state index contributed by atoms with van der Waals surface area (Å²) in [5.41, 5.74) is 1.76. The highest BCUT2D eigenvalue weighted by Gasteiger charge is 2.11. The van der Waals surface area contributed by atoms with E-state index >= 15 is 0 Å². The van der Waals surface area contributed by atoms with Gasteiger partial charge in [0.15, 0.2) is 0 Å². The smallest absolute Gasteiger partial charge is 0.251 e. The molecular formula is C16H15BrClNO. The summed E-state index contributed by atoms with van der Waals surface area (Å²) in [7, 11) is 0. The molecule has 0 aliphatic rings. The molecular weight excluding hydrogens is 338 g/mol. The van der Waals surface area contributed by atoms with Gasteiger partial charge >= 0.3 is 0 Å². The highest BCUT2D eigenvalue weighted by atomic mass is 79.9. The summed E-state index contributed by atoms with van der Waals surface area (Å²) in [6.45, 7) is 1.99. The van der Waals surface area contributed by atoms with Crippen molar-refractivity contribution < 1.29 is 4.79 Å². The third-order valence-corrected chi connectivity index (χ3v) is 3.56. The highest BCUT2D eigenvalue weighted by molar-refractivity contribution is 9.10. The summed E-state index contributed by atoms with van der Waals surface area (Å²) in [6, 6.07) is 15.3. The first-order valence-corrected chi connectivity index (χ1v) is 7.52. The molecule has 1 N–H and O–H groups in total. The largest absolute Gasteiger partial charge is 0.349 e. The highest BCUT2D eigenvalue weighted by Crippen LogP contribution is 2.19. The van der Waals surface area contributed by atoms with Gasteiger partial charge in [0.25, 0.3) is 5.91 Å². The number of nitrogens with one attached hydrogen (secondary N) is 1. The molecule has 1 atom stereocenters. The van der Waals surface area contributed by atoms with Crippen LogP contribution in [0.5, 0.6) is 0 Å². The zero-order valence-corrected chi connectivity index (χ0v) is 13.4. The first-order valence-electron chi connectivity index (χ1n) is 6.35. The van der Waals surface area contributed by atoms with Crippen LogP contribution < -0.4 is 5.32 Å². The van der Waals surface area contributed by atoms with Gasteiger partial charge in [0.2, 0.25) is 0 Å². The van der Waals surface area contributed by atoms with Gasteiger partial charge in [-0.05, 0) is 37.1 Å². The van der Waals surface area contributed by atoms with E-state index < -0.39 is 0 Å². The number of carbonyl (C=O) groups excluding carboxylic acids is 1. The Bertz CT molecular complexity index is 580. The van der Waals surface area contributed by atoms with E-state index in [0.29, 0.717) is 10.6 Å². The first kappa shape index (κ1) is 15.1. The molecule has 0 aliphatic carbocycles. The van der Waals surface area contributed by atoms with Crippen molar-refractivity contribution in [3.8, 4) is 0 Å². The van der Waals surface area contributed by atoms with E-state index in [9.17, 15) is 4.79 Å². The van der Waals surface area contributed by atoms with Gasteiger partial charge in [-0.1, -0.05) is 57.9 Å². The van der Waals surface area contributed by atoms with Crippen molar-refractivity contribution in [2.75, 3.05) is 0 Å². The minimum Gasteiger partial charge on any atom is -0.349 e. The third-order valence-electron chi connectivity index (χ3n) is 2.89. The van der Waals surface area contributed by atoms with Crippen LogP contribution in [0.3, 0.4) is 0 Å². The Kier molecular flexibility index (Phi) is 5.21. The number of hydrogen-bond acceptors (Lipinski definition) is 1. The summed E-state index contributed by atoms with van der Waals surface area (Å²) < 4.78 is 0.797. The molecule has 2 aromatic rings. The van der Waals surface area contributed by atoms with Crippen molar-refractivity contribution in [3.05, 3.63) is 69.2 Å². The predicted octanol–water partition coefficient (Wildman–Crippen LogP) is 4.46. The maximum atomic E-state index is 12.2. The number of halogens is 2. The molecule has 104 valence electrons. The average molecular weight is 353 g/mol. The van der Waals surface area contributed by atoms with Gasteiger partial charge in [-0.25, -0.2) is 0 Å². The molecule has 0 radical (unpaired) electrons. The number of benzene rings is 2. The lowest BCUT2D eigenvalue weighted by Gasteiger charge is -2.14. The molecule has 2 nitrogen and oxygen atoms in total. The Balaban J connectivity index is 2.00. The molecule has 1 amide bonds. The zero-order chi connectivity index (χ0) is 14.5. The maximum Gasteiger partial charge on any atom is 0.251 e. The summed E-state index contributed by atoms with van der Waals surface area (Å²) in [6.07, 6.45) is 0.800. The van der Waals surface area contributed by atoms with Gasteiger partial charge in [-0.2, -0.15) is 0 Å². The van der Waals surface area contributed by atoms with Crippen LogP contribution in [0, 0.1) is 0 Å². The van der Waals surface area contributed by atoms with Crippen molar-refractivity contribution in [1.29, 1.82) is 0 Å². The van der Waals surface area contributed by atoms with E-state index in [0.717, 1.165) is 10.9 Å². The zero-order valence-electron chi connectivity index (χ0n) is 11.1. The van der Waals surface area contributed by atoms with Crippen molar-refractivity contribution in [3.63, 3.8) is 0 Å². The van der Waals surface area contributed by atoms with Gasteiger partial charge in [-0.3, -0.25) is 4.79 Å². The summed E-state index contributed by atoms with van der Waals surface area (Å²) >= 11 is 9.29. The molecule has 20 heavy (non-hydrogen) atoms. The summed E-state index contributed by atoms with van der Waals surface area (Å²) in [4.78, 5) is 12.2. The minimum atomic E-state index is -0.114. The molecule has 0 saturated heterocycles. The van der Waals surface area contributed by atoms with Gasteiger partial charge in [0.05, 0.1) is 0 Å². The van der Waals surface area contributed by atoms with Crippen molar-refractivity contribution in [2.45, 2.75) is 19.4 Å². The van der Waals surface area contributed by atoms with Crippen LogP contribution in [0.4, 0.5) is 0 Å². The minimum absolute atomic E-state index is 0.0580. The SMILES string of the molecule is CC(Cc1ccccc1)NC(=O)c1cc(Cl)cc(Br)c1. The van der Waals surface area contributed by atoms with Crippen LogP contribution in [0.2, 0.25) is 5.02 Å². The Morgan fingerprint density at radius 1 is 1.25 bits per heavy atom. The molecule has 0 heterocycles. The molecule has 0 spiro atoms. The summed E-state index contributed by atoms with van der Waals surface area (Å²) in [5.74, 6) is -0.114. The van der Waals surface area contributed by atoms with Crippen molar-refractivity contribution in [2.24, 2.45) is 0 Å². The van der Waals surface area contributed by atoms with Crippen LogP contribution in [0.15, 0.2) is 53.0 Å². The second-order valence-corrected chi connectivity index (χ2v) is 6.07. The molecule has 0 bridgehead atoms. The lowest BCUT2D eigenvalue weighted by atomic mass is 10.1. The van der Waals surface area contributed by atoms with Crippen LogP contribution >= 0.6 is 27.5 Å². The second kappa shape index (κ2) is 6.91. The molecule has 0 aliphatic heterocycles. The Labute approximate surface area is 132 Å². The molecule has 1 unspecified atom stereocenters. The second-order valence-electron chi connectivity index (χ2n) is 4.72. The van der Waals surface area contributed by atoms with E-state index in [1.165, 1.54) is 5.56 Å². The fourth-order valence-electron chi connectivity index (χ4n) is 2.01. The van der Waals surface area contributed by atoms with Gasteiger partial charge in [0, 0.05) is 21.1 Å². The van der Waals surface area contributed by atoms with E-state index in [1.807, 2.05) is 25.1 Å². The first-order chi connectivity index (χ1) is 9.54. The van der Waals surface area contributed by atoms with E-state index in [-0.39, 0.29) is 11.9 Å². The number of amides is 1. The summed E-state index contributed by atoms with van der Waals surface area (Å²) in [5, 5.41) is 3.52. The fraction of sp³-hybridized carbons (Fsp3) is 0.188. The Morgan fingerprint density at radius 3 is 2.60 bits per heavy atom. The molecule has 0 fully saturated rings. The number of hydrogen-bond donors (Lipinski definition) is 1. The van der Waals surface area contributed by atoms with Crippen LogP contribution in [0.25, 0.3) is 0 Å². The molecule has 2 aromatic carbocycles. The van der Waals surface area contributed by atoms with E-state index in [1.54, 1.807) is 18.2 Å². The number of carbonyl (C=O) groups is 1. The van der Waals surface area contributed by atoms with Gasteiger partial charge in [-0.15, -0.1) is 0 Å². The normalized spacial score (nSPS) is 11.9. The topological polar surface area (TPSA) is 29.1 Å². The molecule has 4 heteroatoms. The van der Waals surface area contributed by atoms with Crippen molar-refractivity contribution >= 4 is 33.4 Å².